The van der Waals surface area contributed by atoms with Crippen LogP contribution in [0.2, 0.25) is 0 Å². The number of hydrogen-bond donors (Lipinski definition) is 2. The summed E-state index contributed by atoms with van der Waals surface area (Å²) in [5.74, 6) is 0. The summed E-state index contributed by atoms with van der Waals surface area (Å²) in [5, 5.41) is 4.10. The van der Waals surface area contributed by atoms with Crippen molar-refractivity contribution < 1.29 is 13.4 Å². The Morgan fingerprint density at radius 1 is 0.963 bits per heavy atom. The van der Waals surface area contributed by atoms with E-state index < -0.39 is 17.0 Å². The maximum absolute atomic E-state index is 12.6. The molecule has 27 heavy (non-hydrogen) atoms. The van der Waals surface area contributed by atoms with E-state index in [9.17, 15) is 9.00 Å². The Balaban J connectivity index is 1.38. The Kier molecular flexibility index (Phi) is 4.01. The van der Waals surface area contributed by atoms with Gasteiger partial charge in [-0.1, -0.05) is 24.3 Å². The van der Waals surface area contributed by atoms with Crippen molar-refractivity contribution in [3.63, 3.8) is 0 Å². The minimum atomic E-state index is -1.75. The fraction of sp³-hybridized carbons (Fsp3) is 0.286. The third-order valence-corrected chi connectivity index (χ3v) is 6.42. The topological polar surface area (TPSA) is 71.3 Å². The average molecular weight is 380 g/mol. The smallest absolute Gasteiger partial charge is 0.331 e. The first-order valence-electron chi connectivity index (χ1n) is 9.33. The third kappa shape index (κ3) is 2.94. The summed E-state index contributed by atoms with van der Waals surface area (Å²) in [6.45, 7) is 0. The van der Waals surface area contributed by atoms with Crippen LogP contribution in [0.1, 0.15) is 35.1 Å². The maximum atomic E-state index is 12.6. The van der Waals surface area contributed by atoms with Crippen molar-refractivity contribution >= 4 is 33.7 Å². The second-order valence-corrected chi connectivity index (χ2v) is 8.31. The molecule has 3 aromatic rings. The van der Waals surface area contributed by atoms with Crippen molar-refractivity contribution in [3.05, 3.63) is 58.7 Å². The van der Waals surface area contributed by atoms with Crippen molar-refractivity contribution in [1.29, 1.82) is 0 Å². The number of carbonyl (C=O) groups excluding carboxylic acids is 1. The zero-order valence-corrected chi connectivity index (χ0v) is 15.7. The molecular formula is C21H20N2O3S. The van der Waals surface area contributed by atoms with Gasteiger partial charge < -0.3 is 9.73 Å². The molecule has 2 amide bonds. The predicted molar refractivity (Wildman–Crippen MR) is 105 cm³/mol. The minimum absolute atomic E-state index is 0.245. The van der Waals surface area contributed by atoms with Gasteiger partial charge in [-0.2, -0.15) is 0 Å². The molecule has 2 aromatic carbocycles. The van der Waals surface area contributed by atoms with Crippen LogP contribution in [0.3, 0.4) is 0 Å². The molecule has 1 heterocycles. The van der Waals surface area contributed by atoms with Gasteiger partial charge in [0.15, 0.2) is 11.0 Å². The van der Waals surface area contributed by atoms with Crippen molar-refractivity contribution in [2.24, 2.45) is 0 Å². The van der Waals surface area contributed by atoms with Gasteiger partial charge in [-0.15, -0.1) is 0 Å². The van der Waals surface area contributed by atoms with E-state index in [0.29, 0.717) is 5.58 Å². The summed E-state index contributed by atoms with van der Waals surface area (Å²) in [4.78, 5) is 12.6. The average Bonchev–Trinajstić information content (AvgIpc) is 3.39. The van der Waals surface area contributed by atoms with Gasteiger partial charge in [0, 0.05) is 17.1 Å². The molecule has 2 aliphatic carbocycles. The van der Waals surface area contributed by atoms with Crippen molar-refractivity contribution in [2.75, 3.05) is 5.32 Å². The summed E-state index contributed by atoms with van der Waals surface area (Å²) >= 11 is 0. The number of aryl methyl sites for hydroxylation is 2. The number of rotatable bonds is 3. The summed E-state index contributed by atoms with van der Waals surface area (Å²) in [7, 11) is -1.75. The molecule has 0 saturated heterocycles. The molecule has 5 rings (SSSR count). The molecule has 0 spiro atoms. The number of fused-ring (bicyclic) bond motifs is 3. The quantitative estimate of drug-likeness (QED) is 0.713. The van der Waals surface area contributed by atoms with Crippen LogP contribution in [0.15, 0.2) is 45.9 Å². The lowest BCUT2D eigenvalue weighted by molar-refractivity contribution is 0.256. The number of furan rings is 1. The predicted octanol–water partition coefficient (Wildman–Crippen LogP) is 4.25. The lowest BCUT2D eigenvalue weighted by Gasteiger charge is -2.16. The number of urea groups is 1. The SMILES string of the molecule is O=C(Nc1c2c(cc3c1CCC3)CCC2)NS(=O)c1cc2ccccc2o1. The van der Waals surface area contributed by atoms with Crippen LogP contribution in [0.25, 0.3) is 11.0 Å². The van der Waals surface area contributed by atoms with E-state index in [4.69, 9.17) is 4.42 Å². The Morgan fingerprint density at radius 3 is 2.37 bits per heavy atom. The fourth-order valence-corrected chi connectivity index (χ4v) is 5.01. The van der Waals surface area contributed by atoms with Crippen molar-refractivity contribution in [2.45, 2.75) is 43.6 Å². The van der Waals surface area contributed by atoms with Gasteiger partial charge in [-0.3, -0.25) is 0 Å². The van der Waals surface area contributed by atoms with E-state index in [2.05, 4.69) is 16.1 Å². The van der Waals surface area contributed by atoms with Gasteiger partial charge in [-0.25, -0.2) is 13.7 Å². The van der Waals surface area contributed by atoms with Crippen LogP contribution >= 0.6 is 0 Å². The van der Waals surface area contributed by atoms with E-state index in [0.717, 1.165) is 49.6 Å². The second kappa shape index (κ2) is 6.53. The van der Waals surface area contributed by atoms with Crippen LogP contribution in [-0.2, 0) is 36.7 Å². The number of amides is 2. The van der Waals surface area contributed by atoms with Gasteiger partial charge >= 0.3 is 6.03 Å². The van der Waals surface area contributed by atoms with Crippen LogP contribution in [0.4, 0.5) is 10.5 Å². The zero-order valence-electron chi connectivity index (χ0n) is 14.8. The number of hydrogen-bond acceptors (Lipinski definition) is 3. The molecule has 2 aliphatic rings. The van der Waals surface area contributed by atoms with Crippen LogP contribution in [0, 0.1) is 0 Å². The number of anilines is 1. The highest BCUT2D eigenvalue weighted by atomic mass is 32.2. The number of para-hydroxylation sites is 1. The molecule has 0 radical (unpaired) electrons. The molecular weight excluding hydrogens is 360 g/mol. The largest absolute Gasteiger partial charge is 0.445 e. The van der Waals surface area contributed by atoms with E-state index in [1.54, 1.807) is 6.07 Å². The molecule has 1 aromatic heterocycles. The van der Waals surface area contributed by atoms with Crippen molar-refractivity contribution in [3.8, 4) is 0 Å². The van der Waals surface area contributed by atoms with Gasteiger partial charge in [0.25, 0.3) is 0 Å². The highest BCUT2D eigenvalue weighted by Crippen LogP contribution is 2.38. The molecule has 0 bridgehead atoms. The molecule has 0 saturated carbocycles. The molecule has 138 valence electrons. The normalized spacial score (nSPS) is 16.1. The van der Waals surface area contributed by atoms with E-state index in [1.165, 1.54) is 22.3 Å². The van der Waals surface area contributed by atoms with Crippen LogP contribution in [-0.4, -0.2) is 10.2 Å². The maximum Gasteiger partial charge on any atom is 0.331 e. The molecule has 1 unspecified atom stereocenters. The highest BCUT2D eigenvalue weighted by Gasteiger charge is 2.25. The first-order chi connectivity index (χ1) is 13.2. The zero-order chi connectivity index (χ0) is 18.4. The Hall–Kier alpha value is -2.60. The monoisotopic (exact) mass is 380 g/mol. The molecule has 0 fully saturated rings. The van der Waals surface area contributed by atoms with Gasteiger partial charge in [0.2, 0.25) is 5.09 Å². The number of nitrogens with one attached hydrogen (secondary N) is 2. The minimum Gasteiger partial charge on any atom is -0.445 e. The molecule has 1 atom stereocenters. The van der Waals surface area contributed by atoms with Gasteiger partial charge in [0.1, 0.15) is 5.58 Å². The number of benzene rings is 2. The lowest BCUT2D eigenvalue weighted by Crippen LogP contribution is -2.31. The van der Waals surface area contributed by atoms with Crippen LogP contribution < -0.4 is 10.0 Å². The summed E-state index contributed by atoms with van der Waals surface area (Å²) in [6, 6.07) is 11.0. The first kappa shape index (κ1) is 16.6. The van der Waals surface area contributed by atoms with Gasteiger partial charge in [0.05, 0.1) is 0 Å². The third-order valence-electron chi connectivity index (χ3n) is 5.48. The van der Waals surface area contributed by atoms with E-state index >= 15 is 0 Å². The summed E-state index contributed by atoms with van der Waals surface area (Å²) < 4.78 is 20.6. The second-order valence-electron chi connectivity index (χ2n) is 7.16. The lowest BCUT2D eigenvalue weighted by atomic mass is 9.99. The molecule has 5 nitrogen and oxygen atoms in total. The molecule has 2 N–H and O–H groups in total. The van der Waals surface area contributed by atoms with Crippen LogP contribution in [0.5, 0.6) is 0 Å². The summed E-state index contributed by atoms with van der Waals surface area (Å²) in [6.07, 6.45) is 6.38. The Labute approximate surface area is 159 Å². The standard InChI is InChI=1S/C21H20N2O3S/c24-21(23-27(25)19-12-15-5-1-2-10-18(15)26-19)22-20-16-8-3-6-13(16)11-14-7-4-9-17(14)20/h1-2,5,10-12H,3-4,6-9H2,(H2,22,23,24). The fourth-order valence-electron chi connectivity index (χ4n) is 4.29. The Morgan fingerprint density at radius 2 is 1.67 bits per heavy atom. The van der Waals surface area contributed by atoms with Gasteiger partial charge in [-0.05, 0) is 66.8 Å². The number of carbonyl (C=O) groups is 1. The van der Waals surface area contributed by atoms with E-state index in [1.807, 2.05) is 24.3 Å². The van der Waals surface area contributed by atoms with E-state index in [-0.39, 0.29) is 5.09 Å². The first-order valence-corrected chi connectivity index (χ1v) is 10.5. The molecule has 0 aliphatic heterocycles. The molecule has 6 heteroatoms. The highest BCUT2D eigenvalue weighted by molar-refractivity contribution is 7.83. The summed E-state index contributed by atoms with van der Waals surface area (Å²) in [5.41, 5.74) is 6.80. The van der Waals surface area contributed by atoms with Crippen molar-refractivity contribution in [1.82, 2.24) is 4.72 Å². The Bertz CT molecular complexity index is 1020.